The molecular weight excluding hydrogens is 430 g/mol. The molecular formula is C27H33N3O4. The van der Waals surface area contributed by atoms with Gasteiger partial charge in [-0.2, -0.15) is 0 Å². The highest BCUT2D eigenvalue weighted by atomic mass is 16.5. The number of fused-ring (bicyclic) bond motifs is 2. The molecule has 7 nitrogen and oxygen atoms in total. The molecule has 0 saturated carbocycles. The van der Waals surface area contributed by atoms with E-state index in [1.54, 1.807) is 19.2 Å². The minimum absolute atomic E-state index is 0.0314. The number of carbonyl (C=O) groups excluding carboxylic acids is 1. The summed E-state index contributed by atoms with van der Waals surface area (Å²) < 4.78 is 5.63. The molecule has 1 amide bonds. The summed E-state index contributed by atoms with van der Waals surface area (Å²) in [5.41, 5.74) is 3.99. The van der Waals surface area contributed by atoms with Crippen LogP contribution in [0, 0.1) is 11.8 Å². The molecule has 0 bridgehead atoms. The Hall–Kier alpha value is -3.06. The van der Waals surface area contributed by atoms with E-state index >= 15 is 0 Å². The molecule has 2 aromatic rings. The summed E-state index contributed by atoms with van der Waals surface area (Å²) in [6.45, 7) is 3.74. The maximum absolute atomic E-state index is 13.5. The number of piperazine rings is 1. The molecule has 1 aliphatic carbocycles. The molecule has 0 spiro atoms. The highest BCUT2D eigenvalue weighted by Crippen LogP contribution is 2.40. The predicted octanol–water partition coefficient (Wildman–Crippen LogP) is 2.78. The third-order valence-electron chi connectivity index (χ3n) is 7.97. The number of hydrogen-bond donors (Lipinski definition) is 1. The van der Waals surface area contributed by atoms with Gasteiger partial charge in [-0.05, 0) is 73.7 Å². The number of anilines is 1. The molecule has 3 atom stereocenters. The van der Waals surface area contributed by atoms with Gasteiger partial charge in [0.1, 0.15) is 5.75 Å². The maximum atomic E-state index is 13.5. The molecule has 180 valence electrons. The van der Waals surface area contributed by atoms with Crippen molar-refractivity contribution in [3.8, 4) is 5.75 Å². The van der Waals surface area contributed by atoms with E-state index < -0.39 is 5.97 Å². The lowest BCUT2D eigenvalue weighted by atomic mass is 9.72. The van der Waals surface area contributed by atoms with Crippen LogP contribution in [0.25, 0.3) is 0 Å². The Morgan fingerprint density at radius 2 is 1.74 bits per heavy atom. The topological polar surface area (TPSA) is 73.3 Å². The molecule has 34 heavy (non-hydrogen) atoms. The van der Waals surface area contributed by atoms with Gasteiger partial charge < -0.3 is 24.5 Å². The first-order chi connectivity index (χ1) is 16.4. The number of rotatable bonds is 4. The van der Waals surface area contributed by atoms with Crippen molar-refractivity contribution in [3.05, 3.63) is 59.2 Å². The number of carbonyl (C=O) groups is 2. The third-order valence-corrected chi connectivity index (χ3v) is 7.97. The third kappa shape index (κ3) is 4.25. The van der Waals surface area contributed by atoms with Crippen LogP contribution in [0.15, 0.2) is 42.5 Å². The molecule has 2 aromatic carbocycles. The fourth-order valence-corrected chi connectivity index (χ4v) is 6.13. The number of carboxylic acid groups (broad SMARTS) is 1. The number of piperidine rings is 1. The van der Waals surface area contributed by atoms with E-state index in [-0.39, 0.29) is 11.8 Å². The van der Waals surface area contributed by atoms with Crippen molar-refractivity contribution in [2.24, 2.45) is 11.8 Å². The largest absolute Gasteiger partial charge is 0.496 e. The lowest BCUT2D eigenvalue weighted by molar-refractivity contribution is -0.139. The first-order valence-electron chi connectivity index (χ1n) is 12.2. The van der Waals surface area contributed by atoms with Crippen LogP contribution in [0.5, 0.6) is 5.75 Å². The van der Waals surface area contributed by atoms with Gasteiger partial charge in [-0.15, -0.1) is 0 Å². The van der Waals surface area contributed by atoms with Crippen molar-refractivity contribution in [1.29, 1.82) is 0 Å². The van der Waals surface area contributed by atoms with Gasteiger partial charge in [-0.1, -0.05) is 12.1 Å². The number of likely N-dealkylation sites (tertiary alicyclic amines) is 1. The van der Waals surface area contributed by atoms with Crippen molar-refractivity contribution in [2.45, 2.75) is 25.3 Å². The van der Waals surface area contributed by atoms with Crippen molar-refractivity contribution in [3.63, 3.8) is 0 Å². The SMILES string of the molecule is COc1cccc2c1C[C@H]1C[C@@H](C(=O)N3CCN(c4ccc(C(=O)O)cc4)CC3)CN(C)[C@@H]1C2. The zero-order chi connectivity index (χ0) is 23.8. The number of aromatic carboxylic acids is 1. The molecule has 0 radical (unpaired) electrons. The smallest absolute Gasteiger partial charge is 0.335 e. The number of likely N-dealkylation sites (N-methyl/N-ethyl adjacent to an activating group) is 1. The Labute approximate surface area is 200 Å². The zero-order valence-electron chi connectivity index (χ0n) is 19.9. The highest BCUT2D eigenvalue weighted by Gasteiger charge is 2.41. The Morgan fingerprint density at radius 1 is 1.00 bits per heavy atom. The molecule has 7 heteroatoms. The molecule has 1 N–H and O–H groups in total. The van der Waals surface area contributed by atoms with Crippen molar-refractivity contribution >= 4 is 17.6 Å². The van der Waals surface area contributed by atoms with Crippen LogP contribution >= 0.6 is 0 Å². The van der Waals surface area contributed by atoms with Crippen molar-refractivity contribution in [1.82, 2.24) is 9.80 Å². The molecule has 3 aliphatic rings. The van der Waals surface area contributed by atoms with Gasteiger partial charge >= 0.3 is 5.97 Å². The van der Waals surface area contributed by atoms with Gasteiger partial charge in [0.2, 0.25) is 5.91 Å². The number of nitrogens with zero attached hydrogens (tertiary/aromatic N) is 3. The van der Waals surface area contributed by atoms with Crippen LogP contribution < -0.4 is 9.64 Å². The molecule has 2 aliphatic heterocycles. The second-order valence-corrected chi connectivity index (χ2v) is 9.87. The predicted molar refractivity (Wildman–Crippen MR) is 131 cm³/mol. The molecule has 0 aromatic heterocycles. The van der Waals surface area contributed by atoms with Gasteiger partial charge in [0, 0.05) is 44.5 Å². The summed E-state index contributed by atoms with van der Waals surface area (Å²) in [6.07, 6.45) is 2.92. The van der Waals surface area contributed by atoms with Crippen LogP contribution in [0.1, 0.15) is 27.9 Å². The van der Waals surface area contributed by atoms with Crippen LogP contribution in [0.4, 0.5) is 5.69 Å². The fraction of sp³-hybridized carbons (Fsp3) is 0.481. The summed E-state index contributed by atoms with van der Waals surface area (Å²) >= 11 is 0. The monoisotopic (exact) mass is 463 g/mol. The van der Waals surface area contributed by atoms with E-state index in [1.165, 1.54) is 11.1 Å². The minimum Gasteiger partial charge on any atom is -0.496 e. The summed E-state index contributed by atoms with van der Waals surface area (Å²) in [6, 6.07) is 13.8. The van der Waals surface area contributed by atoms with E-state index in [4.69, 9.17) is 9.84 Å². The standard InChI is InChI=1S/C27H33N3O4/c1-28-17-21(14-20-15-23-19(16-24(20)28)4-3-5-25(23)34-2)26(31)30-12-10-29(11-13-30)22-8-6-18(7-9-22)27(32)33/h3-9,20-21,24H,10-17H2,1-2H3,(H,32,33)/t20-,21-,24-/m1/s1. The van der Waals surface area contributed by atoms with Gasteiger partial charge in [0.05, 0.1) is 18.6 Å². The van der Waals surface area contributed by atoms with Gasteiger partial charge in [0.15, 0.2) is 0 Å². The molecule has 2 heterocycles. The number of amides is 1. The highest BCUT2D eigenvalue weighted by molar-refractivity contribution is 5.88. The van der Waals surface area contributed by atoms with E-state index in [0.29, 0.717) is 30.6 Å². The molecule has 0 unspecified atom stereocenters. The van der Waals surface area contributed by atoms with E-state index in [2.05, 4.69) is 29.0 Å². The van der Waals surface area contributed by atoms with E-state index in [9.17, 15) is 9.59 Å². The number of methoxy groups -OCH3 is 1. The van der Waals surface area contributed by atoms with Crippen molar-refractivity contribution < 1.29 is 19.4 Å². The van der Waals surface area contributed by atoms with Gasteiger partial charge in [-0.3, -0.25) is 4.79 Å². The summed E-state index contributed by atoms with van der Waals surface area (Å²) in [5.74, 6) is 0.826. The quantitative estimate of drug-likeness (QED) is 0.752. The van der Waals surface area contributed by atoms with E-state index in [1.807, 2.05) is 23.1 Å². The Kier molecular flexibility index (Phi) is 6.21. The molecule has 2 saturated heterocycles. The van der Waals surface area contributed by atoms with Crippen LogP contribution in [-0.4, -0.2) is 79.7 Å². The van der Waals surface area contributed by atoms with Crippen molar-refractivity contribution in [2.75, 3.05) is 51.8 Å². The van der Waals surface area contributed by atoms with Crippen LogP contribution in [0.2, 0.25) is 0 Å². The Morgan fingerprint density at radius 3 is 2.41 bits per heavy atom. The van der Waals surface area contributed by atoms with Crippen LogP contribution in [0.3, 0.4) is 0 Å². The second-order valence-electron chi connectivity index (χ2n) is 9.87. The number of benzene rings is 2. The average molecular weight is 464 g/mol. The lowest BCUT2D eigenvalue weighted by Crippen LogP contribution is -2.56. The number of ether oxygens (including phenoxy) is 1. The normalized spacial score (nSPS) is 24.8. The average Bonchev–Trinajstić information content (AvgIpc) is 2.87. The minimum atomic E-state index is -0.915. The second kappa shape index (κ2) is 9.29. The Bertz CT molecular complexity index is 1060. The summed E-state index contributed by atoms with van der Waals surface area (Å²) in [7, 11) is 3.90. The molecule has 2 fully saturated rings. The van der Waals surface area contributed by atoms with E-state index in [0.717, 1.165) is 50.3 Å². The number of hydrogen-bond acceptors (Lipinski definition) is 5. The molecule has 5 rings (SSSR count). The zero-order valence-corrected chi connectivity index (χ0v) is 19.9. The summed E-state index contributed by atoms with van der Waals surface area (Å²) in [4.78, 5) is 31.2. The first-order valence-corrected chi connectivity index (χ1v) is 12.2. The lowest BCUT2D eigenvalue weighted by Gasteiger charge is -2.47. The van der Waals surface area contributed by atoms with Crippen LogP contribution in [-0.2, 0) is 17.6 Å². The summed E-state index contributed by atoms with van der Waals surface area (Å²) in [5, 5.41) is 9.10. The maximum Gasteiger partial charge on any atom is 0.335 e. The van der Waals surface area contributed by atoms with Gasteiger partial charge in [-0.25, -0.2) is 4.79 Å². The Balaban J connectivity index is 1.22. The first kappa shape index (κ1) is 22.7. The van der Waals surface area contributed by atoms with Gasteiger partial charge in [0.25, 0.3) is 0 Å². The number of carboxylic acids is 1. The fourth-order valence-electron chi connectivity index (χ4n) is 6.13.